The highest BCUT2D eigenvalue weighted by atomic mass is 35.5. The second kappa shape index (κ2) is 4.82. The van der Waals surface area contributed by atoms with Crippen molar-refractivity contribution < 1.29 is 17.9 Å². The van der Waals surface area contributed by atoms with Gasteiger partial charge in [-0.3, -0.25) is 0 Å². The Bertz CT molecular complexity index is 512. The predicted molar refractivity (Wildman–Crippen MR) is 59.0 cm³/mol. The molecule has 0 atom stereocenters. The van der Waals surface area contributed by atoms with Crippen LogP contribution < -0.4 is 4.72 Å². The third kappa shape index (κ3) is 2.34. The molecule has 0 aliphatic carbocycles. The van der Waals surface area contributed by atoms with Crippen molar-refractivity contribution in [1.29, 1.82) is 0 Å². The highest BCUT2D eigenvalue weighted by molar-refractivity contribution is 7.89. The van der Waals surface area contributed by atoms with Crippen LogP contribution in [-0.4, -0.2) is 28.5 Å². The lowest BCUT2D eigenvalue weighted by atomic mass is 10.2. The van der Waals surface area contributed by atoms with E-state index in [9.17, 15) is 13.2 Å². The van der Waals surface area contributed by atoms with Gasteiger partial charge in [0.15, 0.2) is 0 Å². The highest BCUT2D eigenvalue weighted by Gasteiger charge is 2.21. The van der Waals surface area contributed by atoms with Crippen LogP contribution in [0.5, 0.6) is 0 Å². The number of ether oxygens (including phenoxy) is 1. The lowest BCUT2D eigenvalue weighted by Crippen LogP contribution is -2.19. The topological polar surface area (TPSA) is 72.5 Å². The molecule has 1 aromatic rings. The van der Waals surface area contributed by atoms with Crippen LogP contribution >= 0.6 is 11.6 Å². The summed E-state index contributed by atoms with van der Waals surface area (Å²) in [6.07, 6.45) is 0. The Labute approximate surface area is 98.4 Å². The van der Waals surface area contributed by atoms with Crippen LogP contribution in [0, 0.1) is 0 Å². The van der Waals surface area contributed by atoms with Crippen molar-refractivity contribution in [3.05, 3.63) is 28.8 Å². The molecule has 0 radical (unpaired) electrons. The quantitative estimate of drug-likeness (QED) is 0.827. The third-order valence-electron chi connectivity index (χ3n) is 1.93. The van der Waals surface area contributed by atoms with Crippen molar-refractivity contribution in [3.8, 4) is 0 Å². The second-order valence-electron chi connectivity index (χ2n) is 2.82. The van der Waals surface area contributed by atoms with Gasteiger partial charge in [0.05, 0.1) is 17.7 Å². The van der Waals surface area contributed by atoms with E-state index in [4.69, 9.17) is 11.6 Å². The maximum absolute atomic E-state index is 11.5. The Morgan fingerprint density at radius 1 is 1.44 bits per heavy atom. The number of methoxy groups -OCH3 is 1. The van der Waals surface area contributed by atoms with E-state index < -0.39 is 16.0 Å². The maximum Gasteiger partial charge on any atom is 0.339 e. The van der Waals surface area contributed by atoms with Crippen LogP contribution in [0.15, 0.2) is 23.1 Å². The van der Waals surface area contributed by atoms with Gasteiger partial charge >= 0.3 is 5.97 Å². The number of sulfonamides is 1. The molecular weight excluding hydrogens is 254 g/mol. The number of halogens is 1. The summed E-state index contributed by atoms with van der Waals surface area (Å²) in [5, 5.41) is -0.149. The van der Waals surface area contributed by atoms with E-state index in [1.165, 1.54) is 32.4 Å². The molecule has 1 N–H and O–H groups in total. The number of esters is 1. The maximum atomic E-state index is 11.5. The SMILES string of the molecule is CNS(=O)(=O)c1cccc(C(=O)OC)c1Cl. The van der Waals surface area contributed by atoms with Crippen LogP contribution in [-0.2, 0) is 14.8 Å². The highest BCUT2D eigenvalue weighted by Crippen LogP contribution is 2.25. The minimum Gasteiger partial charge on any atom is -0.465 e. The zero-order valence-electron chi connectivity index (χ0n) is 8.65. The molecular formula is C9H10ClNO4S. The van der Waals surface area contributed by atoms with Gasteiger partial charge in [-0.1, -0.05) is 17.7 Å². The Morgan fingerprint density at radius 3 is 2.56 bits per heavy atom. The number of carbonyl (C=O) groups excluding carboxylic acids is 1. The van der Waals surface area contributed by atoms with E-state index in [0.717, 1.165) is 0 Å². The van der Waals surface area contributed by atoms with E-state index in [2.05, 4.69) is 9.46 Å². The van der Waals surface area contributed by atoms with Gasteiger partial charge in [-0.05, 0) is 19.2 Å². The fraction of sp³-hybridized carbons (Fsp3) is 0.222. The predicted octanol–water partition coefficient (Wildman–Crippen LogP) is 1.03. The molecule has 0 aliphatic rings. The zero-order valence-corrected chi connectivity index (χ0v) is 10.2. The van der Waals surface area contributed by atoms with Gasteiger partial charge in [-0.2, -0.15) is 0 Å². The molecule has 7 heteroatoms. The zero-order chi connectivity index (χ0) is 12.3. The van der Waals surface area contributed by atoms with Crippen LogP contribution in [0.2, 0.25) is 5.02 Å². The molecule has 5 nitrogen and oxygen atoms in total. The first kappa shape index (κ1) is 13.0. The molecule has 88 valence electrons. The summed E-state index contributed by atoms with van der Waals surface area (Å²) in [6.45, 7) is 0. The summed E-state index contributed by atoms with van der Waals surface area (Å²) in [6, 6.07) is 4.12. The van der Waals surface area contributed by atoms with Crippen molar-refractivity contribution >= 4 is 27.6 Å². The first-order valence-electron chi connectivity index (χ1n) is 4.24. The van der Waals surface area contributed by atoms with E-state index in [0.29, 0.717) is 0 Å². The average molecular weight is 264 g/mol. The molecule has 1 aromatic carbocycles. The van der Waals surface area contributed by atoms with Crippen LogP contribution in [0.1, 0.15) is 10.4 Å². The van der Waals surface area contributed by atoms with Gasteiger partial charge in [-0.15, -0.1) is 0 Å². The first-order chi connectivity index (χ1) is 7.44. The number of hydrogen-bond donors (Lipinski definition) is 1. The Hall–Kier alpha value is -1.11. The van der Waals surface area contributed by atoms with Gasteiger partial charge in [0, 0.05) is 0 Å². The summed E-state index contributed by atoms with van der Waals surface area (Å²) in [7, 11) is -1.23. The molecule has 0 heterocycles. The fourth-order valence-electron chi connectivity index (χ4n) is 1.10. The van der Waals surface area contributed by atoms with Gasteiger partial charge in [-0.25, -0.2) is 17.9 Å². The number of rotatable bonds is 3. The molecule has 0 aliphatic heterocycles. The summed E-state index contributed by atoms with van der Waals surface area (Å²) in [5.41, 5.74) is 0.0143. The molecule has 0 saturated heterocycles. The molecule has 0 unspecified atom stereocenters. The lowest BCUT2D eigenvalue weighted by molar-refractivity contribution is 0.0600. The van der Waals surface area contributed by atoms with Crippen molar-refractivity contribution in [2.75, 3.05) is 14.2 Å². The van der Waals surface area contributed by atoms with Gasteiger partial charge in [0.25, 0.3) is 0 Å². The summed E-state index contributed by atoms with van der Waals surface area (Å²) in [4.78, 5) is 11.1. The first-order valence-corrected chi connectivity index (χ1v) is 6.10. The van der Waals surface area contributed by atoms with Crippen molar-refractivity contribution in [2.45, 2.75) is 4.90 Å². The number of nitrogens with one attached hydrogen (secondary N) is 1. The summed E-state index contributed by atoms with van der Waals surface area (Å²) < 4.78 is 29.7. The monoisotopic (exact) mass is 263 g/mol. The molecule has 0 spiro atoms. The van der Waals surface area contributed by atoms with E-state index >= 15 is 0 Å². The van der Waals surface area contributed by atoms with Gasteiger partial charge < -0.3 is 4.74 Å². The fourth-order valence-corrected chi connectivity index (χ4v) is 2.43. The molecule has 0 amide bonds. The Balaban J connectivity index is 3.41. The summed E-state index contributed by atoms with van der Waals surface area (Å²) >= 11 is 5.83. The van der Waals surface area contributed by atoms with Crippen LogP contribution in [0.25, 0.3) is 0 Å². The Morgan fingerprint density at radius 2 is 2.06 bits per heavy atom. The van der Waals surface area contributed by atoms with E-state index in [-0.39, 0.29) is 15.5 Å². The summed E-state index contributed by atoms with van der Waals surface area (Å²) in [5.74, 6) is -0.682. The van der Waals surface area contributed by atoms with E-state index in [1.54, 1.807) is 0 Å². The van der Waals surface area contributed by atoms with Crippen LogP contribution in [0.3, 0.4) is 0 Å². The average Bonchev–Trinajstić information content (AvgIpc) is 2.28. The van der Waals surface area contributed by atoms with Crippen molar-refractivity contribution in [2.24, 2.45) is 0 Å². The third-order valence-corrected chi connectivity index (χ3v) is 3.90. The van der Waals surface area contributed by atoms with Crippen molar-refractivity contribution in [3.63, 3.8) is 0 Å². The minimum atomic E-state index is -3.68. The van der Waals surface area contributed by atoms with Gasteiger partial charge in [0.2, 0.25) is 10.0 Å². The minimum absolute atomic E-state index is 0.0143. The molecule has 0 fully saturated rings. The largest absolute Gasteiger partial charge is 0.465 e. The van der Waals surface area contributed by atoms with Crippen LogP contribution in [0.4, 0.5) is 0 Å². The lowest BCUT2D eigenvalue weighted by Gasteiger charge is -2.07. The molecule has 0 bridgehead atoms. The number of carbonyl (C=O) groups is 1. The smallest absolute Gasteiger partial charge is 0.339 e. The second-order valence-corrected chi connectivity index (χ2v) is 5.05. The van der Waals surface area contributed by atoms with E-state index in [1.807, 2.05) is 0 Å². The molecule has 0 saturated carbocycles. The van der Waals surface area contributed by atoms with Crippen molar-refractivity contribution in [1.82, 2.24) is 4.72 Å². The normalized spacial score (nSPS) is 11.2. The molecule has 0 aromatic heterocycles. The molecule has 1 rings (SSSR count). The number of benzene rings is 1. The number of hydrogen-bond acceptors (Lipinski definition) is 4. The standard InChI is InChI=1S/C9H10ClNO4S/c1-11-16(13,14)7-5-3-4-6(8(7)10)9(12)15-2/h3-5,11H,1-2H3. The molecule has 16 heavy (non-hydrogen) atoms. The Kier molecular flexibility index (Phi) is 3.90. The van der Waals surface area contributed by atoms with Gasteiger partial charge in [0.1, 0.15) is 4.90 Å².